The molecule has 0 aliphatic carbocycles. The van der Waals surface area contributed by atoms with Gasteiger partial charge in [0.25, 0.3) is 0 Å². The molecule has 1 amide bonds. The number of thioether (sulfide) groups is 1. The molecule has 0 bridgehead atoms. The molecular weight excluding hydrogens is 486 g/mol. The third kappa shape index (κ3) is 5.65. The Morgan fingerprint density at radius 3 is 2.68 bits per heavy atom. The molecule has 1 saturated heterocycles. The molecule has 5 rings (SSSR count). The van der Waals surface area contributed by atoms with Crippen molar-refractivity contribution in [1.82, 2.24) is 10.2 Å². The Labute approximate surface area is 221 Å². The maximum atomic E-state index is 13.5. The summed E-state index contributed by atoms with van der Waals surface area (Å²) in [6.45, 7) is 5.32. The van der Waals surface area contributed by atoms with Gasteiger partial charge in [-0.05, 0) is 48.8 Å². The number of hydrogen-bond donors (Lipinski definition) is 1. The highest BCUT2D eigenvalue weighted by molar-refractivity contribution is 8.16. The number of aliphatic imine (C=N–C) groups is 1. The number of nitrogens with one attached hydrogen (secondary N) is 1. The average Bonchev–Trinajstić information content (AvgIpc) is 3.56. The maximum Gasteiger partial charge on any atom is 0.338 e. The molecule has 0 saturated carbocycles. The van der Waals surface area contributed by atoms with Gasteiger partial charge in [0.1, 0.15) is 6.61 Å². The molecule has 0 aromatic heterocycles. The van der Waals surface area contributed by atoms with E-state index in [2.05, 4.69) is 5.32 Å². The zero-order chi connectivity index (χ0) is 25.8. The third-order valence-corrected chi connectivity index (χ3v) is 7.70. The van der Waals surface area contributed by atoms with Crippen LogP contribution in [0.2, 0.25) is 0 Å². The second-order valence-electron chi connectivity index (χ2n) is 9.43. The Hall–Kier alpha value is -3.36. The van der Waals surface area contributed by atoms with Crippen LogP contribution < -0.4 is 5.32 Å². The summed E-state index contributed by atoms with van der Waals surface area (Å²) in [6.07, 6.45) is 2.27. The minimum absolute atomic E-state index is 0.0772. The number of ether oxygens (including phenoxy) is 2. The van der Waals surface area contributed by atoms with Crippen LogP contribution in [0.1, 0.15) is 48.9 Å². The molecule has 2 aromatic rings. The Morgan fingerprint density at radius 2 is 1.92 bits per heavy atom. The van der Waals surface area contributed by atoms with Gasteiger partial charge < -0.3 is 19.7 Å². The maximum absolute atomic E-state index is 13.5. The zero-order valence-corrected chi connectivity index (χ0v) is 21.9. The standard InChI is InChI=1S/C29H31N3O4S/c1-19-9-6-7-13-24(19)27-26(28(34)36-17-21-10-4-3-5-11-21)20(2)31-29-32(27)22(18-37-29)15-25(33)30-16-23-12-8-14-35-23/h3-7,9-11,13,18,23,27H,8,12,14-17H2,1-2H3,(H,30,33). The van der Waals surface area contributed by atoms with E-state index < -0.39 is 12.0 Å². The van der Waals surface area contributed by atoms with Crippen molar-refractivity contribution >= 4 is 28.8 Å². The SMILES string of the molecule is CC1=C(C(=O)OCc2ccccc2)C(c2ccccc2C)N2C(CC(=O)NCC3CCCO3)=CSC2=N1. The number of benzene rings is 2. The number of rotatable bonds is 8. The lowest BCUT2D eigenvalue weighted by Gasteiger charge is -2.37. The highest BCUT2D eigenvalue weighted by Crippen LogP contribution is 2.45. The molecule has 1 N–H and O–H groups in total. The number of fused-ring (bicyclic) bond motifs is 1. The molecule has 3 aliphatic heterocycles. The van der Waals surface area contributed by atoms with Crippen molar-refractivity contribution < 1.29 is 19.1 Å². The van der Waals surface area contributed by atoms with Gasteiger partial charge in [-0.15, -0.1) is 0 Å². The van der Waals surface area contributed by atoms with Crippen molar-refractivity contribution in [3.8, 4) is 0 Å². The number of hydrogen-bond acceptors (Lipinski definition) is 7. The minimum atomic E-state index is -0.441. The van der Waals surface area contributed by atoms with Crippen LogP contribution in [0.25, 0.3) is 0 Å². The van der Waals surface area contributed by atoms with E-state index in [1.807, 2.05) is 78.8 Å². The molecule has 1 fully saturated rings. The number of nitrogens with zero attached hydrogens (tertiary/aromatic N) is 2. The molecular formula is C29H31N3O4S. The second-order valence-corrected chi connectivity index (χ2v) is 10.3. The fourth-order valence-corrected chi connectivity index (χ4v) is 5.84. The van der Waals surface area contributed by atoms with Gasteiger partial charge in [-0.2, -0.15) is 0 Å². The number of amidine groups is 1. The summed E-state index contributed by atoms with van der Waals surface area (Å²) in [5, 5.41) is 5.73. The lowest BCUT2D eigenvalue weighted by atomic mass is 9.91. The van der Waals surface area contributed by atoms with Crippen LogP contribution >= 0.6 is 11.8 Å². The van der Waals surface area contributed by atoms with Gasteiger partial charge >= 0.3 is 5.97 Å². The van der Waals surface area contributed by atoms with Gasteiger partial charge in [0, 0.05) is 18.8 Å². The topological polar surface area (TPSA) is 80.2 Å². The number of carbonyl (C=O) groups excluding carboxylic acids is 2. The molecule has 2 atom stereocenters. The van der Waals surface area contributed by atoms with Gasteiger partial charge in [-0.25, -0.2) is 9.79 Å². The molecule has 0 radical (unpaired) electrons. The van der Waals surface area contributed by atoms with Gasteiger partial charge in [0.05, 0.1) is 29.8 Å². The first kappa shape index (κ1) is 25.3. The molecule has 37 heavy (non-hydrogen) atoms. The second kappa shape index (κ2) is 11.4. The van der Waals surface area contributed by atoms with E-state index in [0.717, 1.165) is 47.0 Å². The number of carbonyl (C=O) groups is 2. The zero-order valence-electron chi connectivity index (χ0n) is 21.1. The lowest BCUT2D eigenvalue weighted by molar-refractivity contribution is -0.141. The van der Waals surface area contributed by atoms with E-state index in [0.29, 0.717) is 17.8 Å². The largest absolute Gasteiger partial charge is 0.457 e. The van der Waals surface area contributed by atoms with Crippen LogP contribution in [0.5, 0.6) is 0 Å². The van der Waals surface area contributed by atoms with Gasteiger partial charge in [-0.1, -0.05) is 66.4 Å². The van der Waals surface area contributed by atoms with Crippen molar-refractivity contribution in [3.05, 3.63) is 93.7 Å². The van der Waals surface area contributed by atoms with E-state index >= 15 is 0 Å². The number of aryl methyl sites for hydroxylation is 1. The Balaban J connectivity index is 1.40. The van der Waals surface area contributed by atoms with E-state index in [9.17, 15) is 9.59 Å². The normalized spacial score (nSPS) is 20.9. The average molecular weight is 518 g/mol. The fourth-order valence-electron chi connectivity index (χ4n) is 4.88. The van der Waals surface area contributed by atoms with Gasteiger partial charge in [-0.3, -0.25) is 4.79 Å². The molecule has 8 heteroatoms. The number of esters is 1. The third-order valence-electron chi connectivity index (χ3n) is 6.81. The summed E-state index contributed by atoms with van der Waals surface area (Å²) in [5.41, 5.74) is 4.87. The van der Waals surface area contributed by atoms with Crippen LogP contribution in [0.15, 0.2) is 82.0 Å². The van der Waals surface area contributed by atoms with Crippen LogP contribution in [-0.2, 0) is 25.7 Å². The predicted octanol–water partition coefficient (Wildman–Crippen LogP) is 5.00. The molecule has 2 unspecified atom stereocenters. The van der Waals surface area contributed by atoms with Crippen molar-refractivity contribution in [2.45, 2.75) is 51.9 Å². The molecule has 7 nitrogen and oxygen atoms in total. The molecule has 3 heterocycles. The fraction of sp³-hybridized carbons (Fsp3) is 0.345. The highest BCUT2D eigenvalue weighted by atomic mass is 32.2. The predicted molar refractivity (Wildman–Crippen MR) is 144 cm³/mol. The number of allylic oxidation sites excluding steroid dienone is 1. The van der Waals surface area contributed by atoms with Crippen molar-refractivity contribution in [2.24, 2.45) is 4.99 Å². The minimum Gasteiger partial charge on any atom is -0.457 e. The van der Waals surface area contributed by atoms with Crippen LogP contribution in [0.3, 0.4) is 0 Å². The van der Waals surface area contributed by atoms with Crippen molar-refractivity contribution in [1.29, 1.82) is 0 Å². The Kier molecular flexibility index (Phi) is 7.76. The monoisotopic (exact) mass is 517 g/mol. The first-order valence-electron chi connectivity index (χ1n) is 12.6. The summed E-state index contributed by atoms with van der Waals surface area (Å²) >= 11 is 1.47. The summed E-state index contributed by atoms with van der Waals surface area (Å²) in [5.74, 6) is -0.483. The van der Waals surface area contributed by atoms with E-state index in [-0.39, 0.29) is 25.0 Å². The van der Waals surface area contributed by atoms with Crippen LogP contribution in [0.4, 0.5) is 0 Å². The summed E-state index contributed by atoms with van der Waals surface area (Å²) in [6, 6.07) is 17.2. The smallest absolute Gasteiger partial charge is 0.338 e. The van der Waals surface area contributed by atoms with Crippen molar-refractivity contribution in [2.75, 3.05) is 13.2 Å². The lowest BCUT2D eigenvalue weighted by Crippen LogP contribution is -2.39. The summed E-state index contributed by atoms with van der Waals surface area (Å²) in [7, 11) is 0. The number of amides is 1. The first-order chi connectivity index (χ1) is 18.0. The van der Waals surface area contributed by atoms with E-state index in [4.69, 9.17) is 14.5 Å². The highest BCUT2D eigenvalue weighted by Gasteiger charge is 2.41. The summed E-state index contributed by atoms with van der Waals surface area (Å²) in [4.78, 5) is 33.2. The molecule has 192 valence electrons. The van der Waals surface area contributed by atoms with E-state index in [1.165, 1.54) is 11.8 Å². The van der Waals surface area contributed by atoms with E-state index in [1.54, 1.807) is 0 Å². The Bertz CT molecular complexity index is 1260. The van der Waals surface area contributed by atoms with Gasteiger partial charge in [0.15, 0.2) is 5.17 Å². The first-order valence-corrected chi connectivity index (χ1v) is 13.5. The Morgan fingerprint density at radius 1 is 1.14 bits per heavy atom. The summed E-state index contributed by atoms with van der Waals surface area (Å²) < 4.78 is 11.4. The van der Waals surface area contributed by atoms with Crippen LogP contribution in [-0.4, -0.2) is 41.2 Å². The van der Waals surface area contributed by atoms with Crippen LogP contribution in [0, 0.1) is 6.92 Å². The molecule has 3 aliphatic rings. The quantitative estimate of drug-likeness (QED) is 0.497. The molecule has 0 spiro atoms. The van der Waals surface area contributed by atoms with Crippen molar-refractivity contribution in [3.63, 3.8) is 0 Å². The molecule has 2 aromatic carbocycles. The van der Waals surface area contributed by atoms with Gasteiger partial charge in [0.2, 0.25) is 5.91 Å².